The van der Waals surface area contributed by atoms with E-state index in [4.69, 9.17) is 0 Å². The van der Waals surface area contributed by atoms with Crippen molar-refractivity contribution in [2.24, 2.45) is 0 Å². The zero-order valence-corrected chi connectivity index (χ0v) is 11.7. The summed E-state index contributed by atoms with van der Waals surface area (Å²) in [5, 5.41) is 3.43. The average Bonchev–Trinajstić information content (AvgIpc) is 2.49. The van der Waals surface area contributed by atoms with Crippen LogP contribution in [-0.2, 0) is 0 Å². The summed E-state index contributed by atoms with van der Waals surface area (Å²) in [6.45, 7) is 4.08. The molecule has 3 heterocycles. The maximum Gasteiger partial charge on any atom is 0.223 e. The van der Waals surface area contributed by atoms with Gasteiger partial charge in [-0.1, -0.05) is 0 Å². The molecule has 2 aromatic rings. The average molecular weight is 269 g/mol. The molecule has 20 heavy (non-hydrogen) atoms. The van der Waals surface area contributed by atoms with Crippen molar-refractivity contribution >= 4 is 11.6 Å². The Balaban J connectivity index is 1.56. The van der Waals surface area contributed by atoms with Gasteiger partial charge in [-0.15, -0.1) is 0 Å². The molecule has 1 saturated heterocycles. The van der Waals surface area contributed by atoms with Gasteiger partial charge >= 0.3 is 0 Å². The standard InChI is InChI=1S/C15H19N5/c1-12-2-9-17-15(18-12)19-13-5-10-20(11-6-13)14-3-7-16-8-4-14/h2-4,7-9,13H,5-6,10-11H2,1H3,(H,17,18,19). The molecule has 0 amide bonds. The number of aromatic nitrogens is 3. The van der Waals surface area contributed by atoms with Crippen LogP contribution in [0.15, 0.2) is 36.8 Å². The van der Waals surface area contributed by atoms with E-state index in [1.165, 1.54) is 5.69 Å². The number of nitrogens with one attached hydrogen (secondary N) is 1. The van der Waals surface area contributed by atoms with Gasteiger partial charge in [0.25, 0.3) is 0 Å². The number of anilines is 2. The number of pyridine rings is 1. The van der Waals surface area contributed by atoms with Crippen molar-refractivity contribution in [2.45, 2.75) is 25.8 Å². The van der Waals surface area contributed by atoms with Gasteiger partial charge in [0.05, 0.1) is 0 Å². The molecule has 0 atom stereocenters. The Hall–Kier alpha value is -2.17. The number of hydrogen-bond donors (Lipinski definition) is 1. The number of rotatable bonds is 3. The maximum absolute atomic E-state index is 4.40. The Morgan fingerprint density at radius 2 is 1.85 bits per heavy atom. The van der Waals surface area contributed by atoms with Crippen LogP contribution >= 0.6 is 0 Å². The summed E-state index contributed by atoms with van der Waals surface area (Å²) >= 11 is 0. The van der Waals surface area contributed by atoms with E-state index >= 15 is 0 Å². The zero-order valence-electron chi connectivity index (χ0n) is 11.7. The van der Waals surface area contributed by atoms with Crippen LogP contribution in [0, 0.1) is 6.92 Å². The van der Waals surface area contributed by atoms with Crippen LogP contribution < -0.4 is 10.2 Å². The molecule has 0 radical (unpaired) electrons. The lowest BCUT2D eigenvalue weighted by Gasteiger charge is -2.33. The van der Waals surface area contributed by atoms with Gasteiger partial charge in [-0.3, -0.25) is 4.98 Å². The molecule has 5 heteroatoms. The summed E-state index contributed by atoms with van der Waals surface area (Å²) in [6.07, 6.45) is 7.69. The summed E-state index contributed by atoms with van der Waals surface area (Å²) in [5.74, 6) is 0.743. The van der Waals surface area contributed by atoms with Crippen LogP contribution in [-0.4, -0.2) is 34.1 Å². The lowest BCUT2D eigenvalue weighted by molar-refractivity contribution is 0.524. The minimum Gasteiger partial charge on any atom is -0.371 e. The van der Waals surface area contributed by atoms with Crippen LogP contribution in [0.2, 0.25) is 0 Å². The van der Waals surface area contributed by atoms with Gasteiger partial charge in [0.15, 0.2) is 0 Å². The predicted molar refractivity (Wildman–Crippen MR) is 79.9 cm³/mol. The third-order valence-electron chi connectivity index (χ3n) is 3.65. The third-order valence-corrected chi connectivity index (χ3v) is 3.65. The first-order valence-electron chi connectivity index (χ1n) is 7.02. The fraction of sp³-hybridized carbons (Fsp3) is 0.400. The second kappa shape index (κ2) is 5.86. The normalized spacial score (nSPS) is 16.1. The fourth-order valence-electron chi connectivity index (χ4n) is 2.54. The highest BCUT2D eigenvalue weighted by atomic mass is 15.2. The van der Waals surface area contributed by atoms with Gasteiger partial charge in [0.2, 0.25) is 5.95 Å². The smallest absolute Gasteiger partial charge is 0.223 e. The van der Waals surface area contributed by atoms with Crippen molar-refractivity contribution in [3.63, 3.8) is 0 Å². The molecule has 0 saturated carbocycles. The molecular formula is C15H19N5. The Morgan fingerprint density at radius 1 is 1.10 bits per heavy atom. The minimum atomic E-state index is 0.454. The second-order valence-corrected chi connectivity index (χ2v) is 5.13. The monoisotopic (exact) mass is 269 g/mol. The van der Waals surface area contributed by atoms with E-state index in [2.05, 4.69) is 37.3 Å². The molecular weight excluding hydrogens is 250 g/mol. The van der Waals surface area contributed by atoms with E-state index in [0.717, 1.165) is 37.6 Å². The fourth-order valence-corrected chi connectivity index (χ4v) is 2.54. The molecule has 0 aromatic carbocycles. The molecule has 3 rings (SSSR count). The van der Waals surface area contributed by atoms with Crippen molar-refractivity contribution in [1.82, 2.24) is 15.0 Å². The largest absolute Gasteiger partial charge is 0.371 e. The molecule has 1 N–H and O–H groups in total. The van der Waals surface area contributed by atoms with Crippen molar-refractivity contribution in [3.8, 4) is 0 Å². The molecule has 5 nitrogen and oxygen atoms in total. The van der Waals surface area contributed by atoms with Crippen LogP contribution in [0.25, 0.3) is 0 Å². The highest BCUT2D eigenvalue weighted by Crippen LogP contribution is 2.20. The molecule has 0 unspecified atom stereocenters. The first kappa shape index (κ1) is 12.8. The van der Waals surface area contributed by atoms with Gasteiger partial charge in [0.1, 0.15) is 0 Å². The molecule has 0 bridgehead atoms. The molecule has 2 aromatic heterocycles. The number of hydrogen-bond acceptors (Lipinski definition) is 5. The summed E-state index contributed by atoms with van der Waals surface area (Å²) in [5.41, 5.74) is 2.25. The molecule has 104 valence electrons. The van der Waals surface area contributed by atoms with Crippen molar-refractivity contribution in [2.75, 3.05) is 23.3 Å². The quantitative estimate of drug-likeness (QED) is 0.926. The number of aryl methyl sites for hydroxylation is 1. The van der Waals surface area contributed by atoms with E-state index in [1.807, 2.05) is 25.4 Å². The Kier molecular flexibility index (Phi) is 3.76. The van der Waals surface area contributed by atoms with E-state index in [-0.39, 0.29) is 0 Å². The maximum atomic E-state index is 4.40. The van der Waals surface area contributed by atoms with Gasteiger partial charge in [-0.25, -0.2) is 9.97 Å². The lowest BCUT2D eigenvalue weighted by Crippen LogP contribution is -2.39. The summed E-state index contributed by atoms with van der Waals surface area (Å²) < 4.78 is 0. The zero-order chi connectivity index (χ0) is 13.8. The third kappa shape index (κ3) is 3.04. The van der Waals surface area contributed by atoms with Crippen molar-refractivity contribution < 1.29 is 0 Å². The van der Waals surface area contributed by atoms with Crippen LogP contribution in [0.4, 0.5) is 11.6 Å². The first-order chi connectivity index (χ1) is 9.81. The molecule has 1 fully saturated rings. The summed E-state index contributed by atoms with van der Waals surface area (Å²) in [6, 6.07) is 6.50. The SMILES string of the molecule is Cc1ccnc(NC2CCN(c3ccncc3)CC2)n1. The second-order valence-electron chi connectivity index (χ2n) is 5.13. The Labute approximate surface area is 119 Å². The van der Waals surface area contributed by atoms with Gasteiger partial charge < -0.3 is 10.2 Å². The van der Waals surface area contributed by atoms with Crippen LogP contribution in [0.3, 0.4) is 0 Å². The van der Waals surface area contributed by atoms with Crippen molar-refractivity contribution in [1.29, 1.82) is 0 Å². The number of piperidine rings is 1. The topological polar surface area (TPSA) is 53.9 Å². The molecule has 0 aliphatic carbocycles. The highest BCUT2D eigenvalue weighted by molar-refractivity contribution is 5.45. The van der Waals surface area contributed by atoms with E-state index in [0.29, 0.717) is 6.04 Å². The Bertz CT molecular complexity index is 549. The van der Waals surface area contributed by atoms with E-state index < -0.39 is 0 Å². The van der Waals surface area contributed by atoms with Crippen LogP contribution in [0.5, 0.6) is 0 Å². The molecule has 1 aliphatic heterocycles. The Morgan fingerprint density at radius 3 is 2.55 bits per heavy atom. The molecule has 1 aliphatic rings. The van der Waals surface area contributed by atoms with E-state index in [9.17, 15) is 0 Å². The summed E-state index contributed by atoms with van der Waals surface area (Å²) in [7, 11) is 0. The predicted octanol–water partition coefficient (Wildman–Crippen LogP) is 2.26. The van der Waals surface area contributed by atoms with Gasteiger partial charge in [0, 0.05) is 49.1 Å². The lowest BCUT2D eigenvalue weighted by atomic mass is 10.0. The highest BCUT2D eigenvalue weighted by Gasteiger charge is 2.19. The minimum absolute atomic E-state index is 0.454. The first-order valence-corrected chi connectivity index (χ1v) is 7.02. The van der Waals surface area contributed by atoms with Gasteiger partial charge in [-0.05, 0) is 38.0 Å². The molecule has 0 spiro atoms. The number of nitrogens with zero attached hydrogens (tertiary/aromatic N) is 4. The van der Waals surface area contributed by atoms with E-state index in [1.54, 1.807) is 6.20 Å². The summed E-state index contributed by atoms with van der Waals surface area (Å²) in [4.78, 5) is 15.1. The van der Waals surface area contributed by atoms with Crippen molar-refractivity contribution in [3.05, 3.63) is 42.5 Å². The van der Waals surface area contributed by atoms with Crippen LogP contribution in [0.1, 0.15) is 18.5 Å². The van der Waals surface area contributed by atoms with Gasteiger partial charge in [-0.2, -0.15) is 0 Å².